The molecule has 0 amide bonds. The molecule has 28 heavy (non-hydrogen) atoms. The fraction of sp³-hybridized carbons (Fsp3) is 0.350. The van der Waals surface area contributed by atoms with Gasteiger partial charge in [0.25, 0.3) is 0 Å². The standard InChI is InChI=1S/C20H26ClN3O3S/c1-6-24(4)13-22-20-10-14(2)19(12-18(20)21)23-28(25,26)15(3)16-8-7-9-17(11-16)27-5/h7-13,15,23H,6H2,1-5H3/b22-13-. The SMILES string of the molecule is CCN(C)/C=N\c1cc(C)c(NS(=O)(=O)C(C)c2cccc(OC)c2)cc1Cl. The van der Waals surface area contributed by atoms with E-state index in [2.05, 4.69) is 9.71 Å². The van der Waals surface area contributed by atoms with Crippen molar-refractivity contribution in [2.45, 2.75) is 26.0 Å². The first-order valence-electron chi connectivity index (χ1n) is 8.88. The number of halogens is 1. The van der Waals surface area contributed by atoms with Gasteiger partial charge in [0.1, 0.15) is 11.0 Å². The minimum atomic E-state index is -3.68. The molecule has 0 fully saturated rings. The van der Waals surface area contributed by atoms with E-state index in [9.17, 15) is 8.42 Å². The van der Waals surface area contributed by atoms with E-state index in [1.54, 1.807) is 56.8 Å². The number of nitrogens with one attached hydrogen (secondary N) is 1. The van der Waals surface area contributed by atoms with E-state index in [1.807, 2.05) is 25.8 Å². The van der Waals surface area contributed by atoms with Gasteiger partial charge in [-0.25, -0.2) is 13.4 Å². The molecule has 8 heteroatoms. The Balaban J connectivity index is 2.28. The average molecular weight is 424 g/mol. The first-order chi connectivity index (χ1) is 13.2. The van der Waals surface area contributed by atoms with Gasteiger partial charge in [-0.05, 0) is 56.2 Å². The fourth-order valence-electron chi connectivity index (χ4n) is 2.43. The van der Waals surface area contributed by atoms with Gasteiger partial charge in [0.2, 0.25) is 10.0 Å². The largest absolute Gasteiger partial charge is 0.497 e. The van der Waals surface area contributed by atoms with E-state index in [4.69, 9.17) is 16.3 Å². The van der Waals surface area contributed by atoms with E-state index in [1.165, 1.54) is 0 Å². The third-order valence-electron chi connectivity index (χ3n) is 4.47. The van der Waals surface area contributed by atoms with Crippen LogP contribution in [0.3, 0.4) is 0 Å². The van der Waals surface area contributed by atoms with Gasteiger partial charge >= 0.3 is 0 Å². The second kappa shape index (κ2) is 9.30. The van der Waals surface area contributed by atoms with Gasteiger partial charge in [-0.3, -0.25) is 4.72 Å². The summed E-state index contributed by atoms with van der Waals surface area (Å²) in [7, 11) is -0.229. The molecule has 0 aliphatic heterocycles. The van der Waals surface area contributed by atoms with Crippen LogP contribution in [-0.4, -0.2) is 40.4 Å². The quantitative estimate of drug-likeness (QED) is 0.490. The number of hydrogen-bond donors (Lipinski definition) is 1. The molecule has 0 saturated carbocycles. The first-order valence-corrected chi connectivity index (χ1v) is 10.8. The lowest BCUT2D eigenvalue weighted by molar-refractivity contribution is 0.414. The molecule has 0 saturated heterocycles. The predicted molar refractivity (Wildman–Crippen MR) is 117 cm³/mol. The van der Waals surface area contributed by atoms with Crippen LogP contribution in [0.1, 0.15) is 30.2 Å². The highest BCUT2D eigenvalue weighted by atomic mass is 35.5. The maximum Gasteiger partial charge on any atom is 0.239 e. The van der Waals surface area contributed by atoms with Gasteiger partial charge in [-0.1, -0.05) is 23.7 Å². The summed E-state index contributed by atoms with van der Waals surface area (Å²) in [6, 6.07) is 10.4. The zero-order valence-corrected chi connectivity index (χ0v) is 18.3. The lowest BCUT2D eigenvalue weighted by atomic mass is 10.1. The van der Waals surface area contributed by atoms with Gasteiger partial charge in [-0.15, -0.1) is 0 Å². The van der Waals surface area contributed by atoms with Crippen LogP contribution in [0.15, 0.2) is 41.4 Å². The number of aryl methyl sites for hydroxylation is 1. The van der Waals surface area contributed by atoms with Crippen molar-refractivity contribution in [1.82, 2.24) is 4.90 Å². The molecule has 0 spiro atoms. The Kier molecular flexibility index (Phi) is 7.32. The predicted octanol–water partition coefficient (Wildman–Crippen LogP) is 4.77. The van der Waals surface area contributed by atoms with Crippen LogP contribution in [0.5, 0.6) is 5.75 Å². The maximum absolute atomic E-state index is 12.9. The molecule has 2 rings (SSSR count). The Morgan fingerprint density at radius 2 is 2.04 bits per heavy atom. The number of aliphatic imine (C=N–C) groups is 1. The molecule has 2 aromatic carbocycles. The molecule has 0 bridgehead atoms. The van der Waals surface area contributed by atoms with Gasteiger partial charge in [0.05, 0.1) is 29.8 Å². The van der Waals surface area contributed by atoms with Crippen molar-refractivity contribution in [1.29, 1.82) is 0 Å². The smallest absolute Gasteiger partial charge is 0.239 e. The molecule has 6 nitrogen and oxygen atoms in total. The van der Waals surface area contributed by atoms with E-state index in [-0.39, 0.29) is 0 Å². The molecule has 0 aliphatic rings. The van der Waals surface area contributed by atoms with E-state index >= 15 is 0 Å². The molecule has 2 aromatic rings. The molecular weight excluding hydrogens is 398 g/mol. The summed E-state index contributed by atoms with van der Waals surface area (Å²) >= 11 is 6.31. The van der Waals surface area contributed by atoms with Crippen molar-refractivity contribution in [3.8, 4) is 5.75 Å². The second-order valence-electron chi connectivity index (χ2n) is 6.50. The second-order valence-corrected chi connectivity index (χ2v) is 8.91. The number of methoxy groups -OCH3 is 1. The number of rotatable bonds is 8. The summed E-state index contributed by atoms with van der Waals surface area (Å²) in [6.45, 7) is 6.28. The Bertz CT molecular complexity index is 961. The molecule has 0 aromatic heterocycles. The summed E-state index contributed by atoms with van der Waals surface area (Å²) < 4.78 is 33.6. The fourth-order valence-corrected chi connectivity index (χ4v) is 3.85. The third kappa shape index (κ3) is 5.39. The third-order valence-corrected chi connectivity index (χ3v) is 6.48. The zero-order valence-electron chi connectivity index (χ0n) is 16.7. The lowest BCUT2D eigenvalue weighted by Crippen LogP contribution is -2.20. The first kappa shape index (κ1) is 22.0. The van der Waals surface area contributed by atoms with Crippen molar-refractivity contribution in [2.75, 3.05) is 25.4 Å². The summed E-state index contributed by atoms with van der Waals surface area (Å²) in [6.07, 6.45) is 1.69. The highest BCUT2D eigenvalue weighted by molar-refractivity contribution is 7.92. The summed E-state index contributed by atoms with van der Waals surface area (Å²) in [4.78, 5) is 6.27. The minimum Gasteiger partial charge on any atom is -0.497 e. The number of anilines is 1. The average Bonchev–Trinajstić information content (AvgIpc) is 2.68. The highest BCUT2D eigenvalue weighted by Gasteiger charge is 2.24. The Morgan fingerprint density at radius 1 is 1.32 bits per heavy atom. The zero-order chi connectivity index (χ0) is 20.9. The van der Waals surface area contributed by atoms with Crippen molar-refractivity contribution >= 4 is 39.3 Å². The van der Waals surface area contributed by atoms with Crippen LogP contribution in [0, 0.1) is 6.92 Å². The normalized spacial score (nSPS) is 12.8. The Labute approximate surface area is 172 Å². The van der Waals surface area contributed by atoms with Crippen molar-refractivity contribution in [3.63, 3.8) is 0 Å². The molecule has 152 valence electrons. The van der Waals surface area contributed by atoms with Gasteiger partial charge in [0, 0.05) is 13.6 Å². The molecule has 0 heterocycles. The Morgan fingerprint density at radius 3 is 2.68 bits per heavy atom. The van der Waals surface area contributed by atoms with E-state index < -0.39 is 15.3 Å². The lowest BCUT2D eigenvalue weighted by Gasteiger charge is -2.18. The van der Waals surface area contributed by atoms with Crippen LogP contribution < -0.4 is 9.46 Å². The van der Waals surface area contributed by atoms with Crippen molar-refractivity contribution < 1.29 is 13.2 Å². The van der Waals surface area contributed by atoms with Crippen LogP contribution in [0.4, 0.5) is 11.4 Å². The summed E-state index contributed by atoms with van der Waals surface area (Å²) in [5.74, 6) is 0.609. The van der Waals surface area contributed by atoms with Gasteiger partial charge in [0.15, 0.2) is 0 Å². The molecular formula is C20H26ClN3O3S. The van der Waals surface area contributed by atoms with Crippen LogP contribution in [-0.2, 0) is 10.0 Å². The maximum atomic E-state index is 12.9. The van der Waals surface area contributed by atoms with Crippen molar-refractivity contribution in [2.24, 2.45) is 4.99 Å². The number of nitrogens with zero attached hydrogens (tertiary/aromatic N) is 2. The van der Waals surface area contributed by atoms with Gasteiger partial charge in [-0.2, -0.15) is 0 Å². The minimum absolute atomic E-state index is 0.373. The number of ether oxygens (including phenoxy) is 1. The monoisotopic (exact) mass is 423 g/mol. The topological polar surface area (TPSA) is 71.0 Å². The molecule has 1 N–H and O–H groups in total. The van der Waals surface area contributed by atoms with Crippen LogP contribution in [0.25, 0.3) is 0 Å². The number of sulfonamides is 1. The summed E-state index contributed by atoms with van der Waals surface area (Å²) in [5.41, 5.74) is 2.39. The van der Waals surface area contributed by atoms with E-state index in [0.717, 1.165) is 12.1 Å². The van der Waals surface area contributed by atoms with Crippen LogP contribution in [0.2, 0.25) is 5.02 Å². The molecule has 1 atom stereocenters. The van der Waals surface area contributed by atoms with E-state index in [0.29, 0.717) is 27.7 Å². The molecule has 0 aliphatic carbocycles. The molecule has 0 radical (unpaired) electrons. The van der Waals surface area contributed by atoms with Crippen molar-refractivity contribution in [3.05, 3.63) is 52.5 Å². The Hall–Kier alpha value is -2.25. The molecule has 1 unspecified atom stereocenters. The number of hydrogen-bond acceptors (Lipinski definition) is 4. The van der Waals surface area contributed by atoms with Gasteiger partial charge < -0.3 is 9.64 Å². The highest BCUT2D eigenvalue weighted by Crippen LogP contribution is 2.33. The number of benzene rings is 2. The van der Waals surface area contributed by atoms with Crippen LogP contribution >= 0.6 is 11.6 Å². The summed E-state index contributed by atoms with van der Waals surface area (Å²) in [5, 5.41) is -0.394.